The molecule has 0 atom stereocenters. The minimum Gasteiger partial charge on any atom is -0.481 e. The monoisotopic (exact) mass is 406 g/mol. The average molecular weight is 406 g/mol. The number of carboxylic acid groups (broad SMARTS) is 1. The Morgan fingerprint density at radius 3 is 1.28 bits per heavy atom. The highest BCUT2D eigenvalue weighted by Gasteiger charge is 2.27. The van der Waals surface area contributed by atoms with Crippen molar-refractivity contribution < 1.29 is 42.9 Å². The van der Waals surface area contributed by atoms with Crippen LogP contribution in [-0.4, -0.2) is 30.6 Å². The number of hydrogen-bond donors (Lipinski definition) is 5. The van der Waals surface area contributed by atoms with E-state index in [0.717, 1.165) is 12.8 Å². The molecule has 9 nitrogen and oxygen atoms in total. The van der Waals surface area contributed by atoms with Gasteiger partial charge in [0.2, 0.25) is 0 Å². The Bertz CT molecular complexity index is 397. The van der Waals surface area contributed by atoms with Crippen LogP contribution in [0, 0.1) is 0 Å². The van der Waals surface area contributed by atoms with E-state index < -0.39 is 21.6 Å². The molecule has 0 rings (SSSR count). The Morgan fingerprint density at radius 2 is 1.04 bits per heavy atom. The molecule has 0 bridgehead atoms. The molecule has 11 heteroatoms. The van der Waals surface area contributed by atoms with E-state index in [0.29, 0.717) is 6.42 Å². The smallest absolute Gasteiger partial charge is 0.478 e. The molecule has 0 amide bonds. The van der Waals surface area contributed by atoms with Crippen molar-refractivity contribution in [2.75, 3.05) is 0 Å². The number of hydrogen-bond acceptors (Lipinski definition) is 4. The van der Waals surface area contributed by atoms with Gasteiger partial charge in [-0.15, -0.1) is 0 Å². The molecule has 25 heavy (non-hydrogen) atoms. The van der Waals surface area contributed by atoms with Crippen LogP contribution in [0.3, 0.4) is 0 Å². The van der Waals surface area contributed by atoms with Gasteiger partial charge in [0.25, 0.3) is 0 Å². The van der Waals surface area contributed by atoms with Crippen LogP contribution in [0.25, 0.3) is 0 Å². The zero-order valence-electron chi connectivity index (χ0n) is 14.7. The Morgan fingerprint density at radius 1 is 0.720 bits per heavy atom. The molecule has 0 heterocycles. The molecule has 0 aromatic rings. The fraction of sp³-hybridized carbons (Fsp3) is 0.929. The maximum Gasteiger partial charge on any atom is 0.478 e. The van der Waals surface area contributed by atoms with Crippen molar-refractivity contribution >= 4 is 21.6 Å². The minimum absolute atomic E-state index is 0.344. The highest BCUT2D eigenvalue weighted by Crippen LogP contribution is 2.53. The van der Waals surface area contributed by atoms with E-state index in [9.17, 15) is 13.9 Å². The molecule has 0 radical (unpaired) electrons. The van der Waals surface area contributed by atoms with Crippen LogP contribution < -0.4 is 0 Å². The van der Waals surface area contributed by atoms with E-state index in [-0.39, 0.29) is 0 Å². The van der Waals surface area contributed by atoms with Crippen LogP contribution >= 0.6 is 15.6 Å². The average Bonchev–Trinajstić information content (AvgIpc) is 2.41. The SMILES string of the molecule is CCCCCCCCCCCCCC(=O)O.O=P(O)(O)OP(=O)(O)O. The number of carboxylic acids is 1. The van der Waals surface area contributed by atoms with Gasteiger partial charge < -0.3 is 24.7 Å². The maximum atomic E-state index is 10.3. The molecule has 0 saturated carbocycles. The zero-order chi connectivity index (χ0) is 19.8. The summed E-state index contributed by atoms with van der Waals surface area (Å²) in [5.41, 5.74) is 0. The molecular formula is C14H32O9P2. The molecule has 152 valence electrons. The normalized spacial score (nSPS) is 11.7. The van der Waals surface area contributed by atoms with Crippen molar-refractivity contribution in [3.63, 3.8) is 0 Å². The number of rotatable bonds is 14. The van der Waals surface area contributed by atoms with Gasteiger partial charge in [-0.1, -0.05) is 71.1 Å². The second-order valence-corrected chi connectivity index (χ2v) is 8.36. The van der Waals surface area contributed by atoms with Crippen LogP contribution in [0.15, 0.2) is 0 Å². The van der Waals surface area contributed by atoms with Crippen molar-refractivity contribution in [3.05, 3.63) is 0 Å². The molecule has 0 saturated heterocycles. The first kappa shape index (κ1) is 27.0. The number of carbonyl (C=O) groups is 1. The van der Waals surface area contributed by atoms with E-state index in [1.165, 1.54) is 57.8 Å². The van der Waals surface area contributed by atoms with Crippen LogP contribution in [0.4, 0.5) is 0 Å². The van der Waals surface area contributed by atoms with E-state index in [4.69, 9.17) is 24.7 Å². The van der Waals surface area contributed by atoms with Gasteiger partial charge in [0.05, 0.1) is 0 Å². The molecule has 0 aromatic carbocycles. The molecule has 0 fully saturated rings. The molecule has 0 aliphatic rings. The molecule has 0 aliphatic heterocycles. The van der Waals surface area contributed by atoms with Gasteiger partial charge in [-0.05, 0) is 6.42 Å². The fourth-order valence-corrected chi connectivity index (χ4v) is 3.19. The van der Waals surface area contributed by atoms with Crippen molar-refractivity contribution in [2.45, 2.75) is 84.0 Å². The predicted octanol–water partition coefficient (Wildman–Crippen LogP) is 3.96. The summed E-state index contributed by atoms with van der Waals surface area (Å²) in [7, 11) is -10.1. The zero-order valence-corrected chi connectivity index (χ0v) is 16.5. The van der Waals surface area contributed by atoms with Crippen LogP contribution in [0.5, 0.6) is 0 Å². The molecule has 0 aliphatic carbocycles. The summed E-state index contributed by atoms with van der Waals surface area (Å²) in [6.07, 6.45) is 14.4. The maximum absolute atomic E-state index is 10.3. The first-order chi connectivity index (χ1) is 11.5. The van der Waals surface area contributed by atoms with Crippen molar-refractivity contribution in [3.8, 4) is 0 Å². The molecule has 0 aromatic heterocycles. The summed E-state index contributed by atoms with van der Waals surface area (Å²) in [5.74, 6) is -0.657. The molecule has 0 spiro atoms. The summed E-state index contributed by atoms with van der Waals surface area (Å²) < 4.78 is 22.2. The van der Waals surface area contributed by atoms with E-state index in [1.54, 1.807) is 0 Å². The van der Waals surface area contributed by atoms with Crippen molar-refractivity contribution in [2.24, 2.45) is 0 Å². The van der Waals surface area contributed by atoms with E-state index in [2.05, 4.69) is 11.2 Å². The van der Waals surface area contributed by atoms with Gasteiger partial charge in [0.1, 0.15) is 0 Å². The summed E-state index contributed by atoms with van der Waals surface area (Å²) in [5, 5.41) is 8.46. The third-order valence-electron chi connectivity index (χ3n) is 3.21. The molecule has 5 N–H and O–H groups in total. The topological polar surface area (TPSA) is 162 Å². The first-order valence-electron chi connectivity index (χ1n) is 8.52. The lowest BCUT2D eigenvalue weighted by molar-refractivity contribution is -0.137. The lowest BCUT2D eigenvalue weighted by Crippen LogP contribution is -1.93. The van der Waals surface area contributed by atoms with E-state index in [1.807, 2.05) is 0 Å². The summed E-state index contributed by atoms with van der Waals surface area (Å²) in [6.45, 7) is 2.25. The molecular weight excluding hydrogens is 374 g/mol. The van der Waals surface area contributed by atoms with Gasteiger partial charge in [-0.3, -0.25) is 4.79 Å². The van der Waals surface area contributed by atoms with Crippen LogP contribution in [-0.2, 0) is 18.2 Å². The third-order valence-corrected chi connectivity index (χ3v) is 4.91. The van der Waals surface area contributed by atoms with Crippen molar-refractivity contribution in [1.82, 2.24) is 0 Å². The van der Waals surface area contributed by atoms with Gasteiger partial charge in [0, 0.05) is 6.42 Å². The minimum atomic E-state index is -5.05. The Hall–Kier alpha value is -0.270. The quantitative estimate of drug-likeness (QED) is 0.212. The lowest BCUT2D eigenvalue weighted by atomic mass is 10.1. The fourth-order valence-electron chi connectivity index (χ4n) is 2.08. The van der Waals surface area contributed by atoms with Crippen LogP contribution in [0.1, 0.15) is 84.0 Å². The highest BCUT2D eigenvalue weighted by atomic mass is 31.3. The third kappa shape index (κ3) is 31.9. The Labute approximate surface area is 149 Å². The van der Waals surface area contributed by atoms with Gasteiger partial charge in [-0.25, -0.2) is 9.13 Å². The first-order valence-corrected chi connectivity index (χ1v) is 11.6. The van der Waals surface area contributed by atoms with Gasteiger partial charge in [0.15, 0.2) is 0 Å². The predicted molar refractivity (Wildman–Crippen MR) is 93.9 cm³/mol. The summed E-state index contributed by atoms with van der Waals surface area (Å²) in [4.78, 5) is 41.3. The second kappa shape index (κ2) is 15.9. The number of aliphatic carboxylic acids is 1. The Balaban J connectivity index is 0. The van der Waals surface area contributed by atoms with Gasteiger partial charge in [-0.2, -0.15) is 4.31 Å². The summed E-state index contributed by atoms with van der Waals surface area (Å²) in [6, 6.07) is 0. The number of unbranched alkanes of at least 4 members (excludes halogenated alkanes) is 10. The molecule has 0 unspecified atom stereocenters. The largest absolute Gasteiger partial charge is 0.481 e. The van der Waals surface area contributed by atoms with E-state index >= 15 is 0 Å². The Kier molecular flexibility index (Phi) is 17.2. The van der Waals surface area contributed by atoms with Gasteiger partial charge >= 0.3 is 21.6 Å². The number of phosphoric acid groups is 2. The summed E-state index contributed by atoms with van der Waals surface area (Å²) >= 11 is 0. The standard InChI is InChI=1S/C14H28O2.H4O7P2/c1-2-3-4-5-6-7-8-9-10-11-12-13-14(15)16;1-8(2,3)7-9(4,5)6/h2-13H2,1H3,(H,15,16);(H2,1,2,3)(H2,4,5,6). The lowest BCUT2D eigenvalue weighted by Gasteiger charge is -2.03. The van der Waals surface area contributed by atoms with Crippen molar-refractivity contribution in [1.29, 1.82) is 0 Å². The second-order valence-electron chi connectivity index (χ2n) is 5.74. The van der Waals surface area contributed by atoms with Crippen LogP contribution in [0.2, 0.25) is 0 Å². The highest BCUT2D eigenvalue weighted by molar-refractivity contribution is 7.60.